The van der Waals surface area contributed by atoms with E-state index in [2.05, 4.69) is 28.2 Å². The van der Waals surface area contributed by atoms with Crippen LogP contribution < -0.4 is 5.32 Å². The zero-order valence-corrected chi connectivity index (χ0v) is 11.1. The van der Waals surface area contributed by atoms with E-state index in [1.165, 1.54) is 18.5 Å². The Morgan fingerprint density at radius 1 is 1.39 bits per heavy atom. The van der Waals surface area contributed by atoms with Crippen molar-refractivity contribution in [2.24, 2.45) is 0 Å². The summed E-state index contributed by atoms with van der Waals surface area (Å²) in [7, 11) is 0. The molecule has 0 aromatic carbocycles. The van der Waals surface area contributed by atoms with Gasteiger partial charge in [0, 0.05) is 44.0 Å². The molecule has 0 amide bonds. The third kappa shape index (κ3) is 2.54. The minimum atomic E-state index is 0.394. The van der Waals surface area contributed by atoms with Gasteiger partial charge in [0.2, 0.25) is 0 Å². The third-order valence-corrected chi connectivity index (χ3v) is 3.97. The zero-order valence-electron chi connectivity index (χ0n) is 11.1. The van der Waals surface area contributed by atoms with E-state index >= 15 is 0 Å². The molecule has 98 valence electrons. The first kappa shape index (κ1) is 12.1. The molecule has 1 aromatic rings. The summed E-state index contributed by atoms with van der Waals surface area (Å²) in [6.45, 7) is 6.61. The summed E-state index contributed by atoms with van der Waals surface area (Å²) in [5.41, 5.74) is 1.26. The SMILES string of the molecule is CCC(c1nccc(C2CC2)n1)N1CCNCC1. The molecule has 18 heavy (non-hydrogen) atoms. The van der Waals surface area contributed by atoms with Gasteiger partial charge in [-0.2, -0.15) is 0 Å². The Balaban J connectivity index is 1.78. The number of rotatable bonds is 4. The largest absolute Gasteiger partial charge is 0.314 e. The van der Waals surface area contributed by atoms with E-state index in [-0.39, 0.29) is 0 Å². The minimum Gasteiger partial charge on any atom is -0.314 e. The smallest absolute Gasteiger partial charge is 0.145 e. The maximum atomic E-state index is 4.81. The first-order valence-corrected chi connectivity index (χ1v) is 7.16. The monoisotopic (exact) mass is 246 g/mol. The lowest BCUT2D eigenvalue weighted by Gasteiger charge is -2.33. The van der Waals surface area contributed by atoms with E-state index in [0.717, 1.165) is 38.4 Å². The van der Waals surface area contributed by atoms with Crippen molar-refractivity contribution in [3.05, 3.63) is 23.8 Å². The second-order valence-electron chi connectivity index (χ2n) is 5.32. The fraction of sp³-hybridized carbons (Fsp3) is 0.714. The molecule has 1 atom stereocenters. The van der Waals surface area contributed by atoms with Gasteiger partial charge in [-0.25, -0.2) is 9.97 Å². The van der Waals surface area contributed by atoms with Gasteiger partial charge in [0.1, 0.15) is 5.82 Å². The van der Waals surface area contributed by atoms with Crippen molar-refractivity contribution < 1.29 is 0 Å². The van der Waals surface area contributed by atoms with Crippen LogP contribution in [0.25, 0.3) is 0 Å². The molecule has 2 aliphatic rings. The molecule has 0 radical (unpaired) electrons. The molecule has 4 nitrogen and oxygen atoms in total. The van der Waals surface area contributed by atoms with Crippen LogP contribution in [0.2, 0.25) is 0 Å². The molecule has 2 heterocycles. The molecule has 1 saturated carbocycles. The molecule has 3 rings (SSSR count). The summed E-state index contributed by atoms with van der Waals surface area (Å²) in [6.07, 6.45) is 5.65. The van der Waals surface area contributed by atoms with Crippen molar-refractivity contribution in [1.29, 1.82) is 0 Å². The molecule has 4 heteroatoms. The van der Waals surface area contributed by atoms with Crippen molar-refractivity contribution in [3.8, 4) is 0 Å². The van der Waals surface area contributed by atoms with Crippen LogP contribution in [0.5, 0.6) is 0 Å². The van der Waals surface area contributed by atoms with Gasteiger partial charge in [0.05, 0.1) is 6.04 Å². The van der Waals surface area contributed by atoms with Gasteiger partial charge >= 0.3 is 0 Å². The van der Waals surface area contributed by atoms with Crippen LogP contribution in [0.1, 0.15) is 49.7 Å². The van der Waals surface area contributed by atoms with Gasteiger partial charge in [-0.05, 0) is 25.3 Å². The fourth-order valence-corrected chi connectivity index (χ4v) is 2.75. The lowest BCUT2D eigenvalue weighted by atomic mass is 10.1. The number of aromatic nitrogens is 2. The summed E-state index contributed by atoms with van der Waals surface area (Å²) >= 11 is 0. The Kier molecular flexibility index (Phi) is 3.57. The molecule has 2 fully saturated rings. The fourth-order valence-electron chi connectivity index (χ4n) is 2.75. The van der Waals surface area contributed by atoms with Crippen molar-refractivity contribution in [3.63, 3.8) is 0 Å². The summed E-state index contributed by atoms with van der Waals surface area (Å²) < 4.78 is 0. The van der Waals surface area contributed by atoms with Crippen LogP contribution in [0, 0.1) is 0 Å². The lowest BCUT2D eigenvalue weighted by Crippen LogP contribution is -2.45. The van der Waals surface area contributed by atoms with Crippen LogP contribution in [-0.2, 0) is 0 Å². The highest BCUT2D eigenvalue weighted by atomic mass is 15.2. The van der Waals surface area contributed by atoms with E-state index in [1.807, 2.05) is 6.20 Å². The number of hydrogen-bond donors (Lipinski definition) is 1. The molecular formula is C14H22N4. The Labute approximate surface area is 109 Å². The van der Waals surface area contributed by atoms with E-state index in [9.17, 15) is 0 Å². The van der Waals surface area contributed by atoms with E-state index in [1.54, 1.807) is 0 Å². The molecule has 1 aliphatic carbocycles. The normalized spacial score (nSPS) is 22.9. The summed E-state index contributed by atoms with van der Waals surface area (Å²) in [5, 5.41) is 3.40. The van der Waals surface area contributed by atoms with Crippen molar-refractivity contribution >= 4 is 0 Å². The van der Waals surface area contributed by atoms with E-state index < -0.39 is 0 Å². The molecule has 0 bridgehead atoms. The van der Waals surface area contributed by atoms with Crippen LogP contribution in [0.4, 0.5) is 0 Å². The highest BCUT2D eigenvalue weighted by Crippen LogP contribution is 2.39. The Hall–Kier alpha value is -1.00. The number of hydrogen-bond acceptors (Lipinski definition) is 4. The van der Waals surface area contributed by atoms with Gasteiger partial charge in [-0.15, -0.1) is 0 Å². The van der Waals surface area contributed by atoms with Crippen molar-refractivity contribution in [1.82, 2.24) is 20.2 Å². The number of nitrogens with zero attached hydrogens (tertiary/aromatic N) is 3. The van der Waals surface area contributed by atoms with Gasteiger partial charge in [0.25, 0.3) is 0 Å². The summed E-state index contributed by atoms with van der Waals surface area (Å²) in [5.74, 6) is 1.75. The van der Waals surface area contributed by atoms with Crippen LogP contribution in [0.3, 0.4) is 0 Å². The average Bonchev–Trinajstić information content (AvgIpc) is 3.26. The van der Waals surface area contributed by atoms with Crippen LogP contribution >= 0.6 is 0 Å². The Morgan fingerprint density at radius 3 is 2.83 bits per heavy atom. The standard InChI is InChI=1S/C14H22N4/c1-2-13(18-9-7-15-8-10-18)14-16-6-5-12(17-14)11-3-4-11/h5-6,11,13,15H,2-4,7-10H2,1H3. The summed E-state index contributed by atoms with van der Waals surface area (Å²) in [4.78, 5) is 11.8. The van der Waals surface area contributed by atoms with E-state index in [0.29, 0.717) is 12.0 Å². The van der Waals surface area contributed by atoms with Crippen LogP contribution in [0.15, 0.2) is 12.3 Å². The van der Waals surface area contributed by atoms with Crippen molar-refractivity contribution in [2.75, 3.05) is 26.2 Å². The number of nitrogens with one attached hydrogen (secondary N) is 1. The van der Waals surface area contributed by atoms with Gasteiger partial charge in [-0.3, -0.25) is 4.90 Å². The zero-order chi connectivity index (χ0) is 12.4. The molecule has 1 aromatic heterocycles. The molecular weight excluding hydrogens is 224 g/mol. The predicted molar refractivity (Wildman–Crippen MR) is 71.5 cm³/mol. The second kappa shape index (κ2) is 5.33. The quantitative estimate of drug-likeness (QED) is 0.878. The molecule has 1 N–H and O–H groups in total. The Morgan fingerprint density at radius 2 is 2.17 bits per heavy atom. The topological polar surface area (TPSA) is 41.1 Å². The molecule has 1 aliphatic heterocycles. The van der Waals surface area contributed by atoms with Gasteiger partial charge in [0.15, 0.2) is 0 Å². The highest BCUT2D eigenvalue weighted by molar-refractivity contribution is 5.15. The molecule has 1 saturated heterocycles. The van der Waals surface area contributed by atoms with E-state index in [4.69, 9.17) is 4.98 Å². The molecule has 1 unspecified atom stereocenters. The third-order valence-electron chi connectivity index (χ3n) is 3.97. The maximum absolute atomic E-state index is 4.81. The lowest BCUT2D eigenvalue weighted by molar-refractivity contribution is 0.162. The second-order valence-corrected chi connectivity index (χ2v) is 5.32. The van der Waals surface area contributed by atoms with Gasteiger partial charge in [-0.1, -0.05) is 6.92 Å². The van der Waals surface area contributed by atoms with Crippen molar-refractivity contribution in [2.45, 2.75) is 38.1 Å². The van der Waals surface area contributed by atoms with Crippen LogP contribution in [-0.4, -0.2) is 41.0 Å². The number of piperazine rings is 1. The Bertz CT molecular complexity index is 397. The predicted octanol–water partition coefficient (Wildman–Crippen LogP) is 1.71. The van der Waals surface area contributed by atoms with Gasteiger partial charge < -0.3 is 5.32 Å². The molecule has 0 spiro atoms. The first-order chi connectivity index (χ1) is 8.88. The summed E-state index contributed by atoms with van der Waals surface area (Å²) in [6, 6.07) is 2.48. The first-order valence-electron chi connectivity index (χ1n) is 7.16. The minimum absolute atomic E-state index is 0.394. The maximum Gasteiger partial charge on any atom is 0.145 e. The highest BCUT2D eigenvalue weighted by Gasteiger charge is 2.27. The average molecular weight is 246 g/mol.